The van der Waals surface area contributed by atoms with Gasteiger partial charge >= 0.3 is 0 Å². The van der Waals surface area contributed by atoms with Gasteiger partial charge in [-0.15, -0.1) is 0 Å². The average Bonchev–Trinajstić information content (AvgIpc) is 2.77. The van der Waals surface area contributed by atoms with Gasteiger partial charge in [-0.1, -0.05) is 29.3 Å². The quantitative estimate of drug-likeness (QED) is 0.434. The monoisotopic (exact) mass is 491 g/mol. The summed E-state index contributed by atoms with van der Waals surface area (Å²) in [5.74, 6) is 0.394. The van der Waals surface area contributed by atoms with Crippen molar-refractivity contribution in [2.24, 2.45) is 0 Å². The van der Waals surface area contributed by atoms with Crippen molar-refractivity contribution in [1.29, 1.82) is 0 Å². The summed E-state index contributed by atoms with van der Waals surface area (Å²) < 4.78 is 41.0. The lowest BCUT2D eigenvalue weighted by Crippen LogP contribution is -2.64. The maximum Gasteiger partial charge on any atom is 0.166 e. The predicted octanol–water partition coefficient (Wildman–Crippen LogP) is 6.05. The number of hydrogen-bond donors (Lipinski definition) is 2. The molecule has 1 fully saturated rings. The van der Waals surface area contributed by atoms with Gasteiger partial charge in [-0.2, -0.15) is 0 Å². The molecule has 0 amide bonds. The normalized spacial score (nSPS) is 19.4. The number of anilines is 1. The molecule has 3 aromatic rings. The lowest BCUT2D eigenvalue weighted by Gasteiger charge is -2.46. The van der Waals surface area contributed by atoms with Crippen molar-refractivity contribution >= 4 is 29.0 Å². The smallest absolute Gasteiger partial charge is 0.166 e. The first-order chi connectivity index (χ1) is 15.8. The van der Waals surface area contributed by atoms with E-state index >= 15 is 0 Å². The van der Waals surface area contributed by atoms with Crippen LogP contribution in [0.2, 0.25) is 10.0 Å². The van der Waals surface area contributed by atoms with Crippen LogP contribution in [0.15, 0.2) is 42.6 Å². The van der Waals surface area contributed by atoms with Crippen LogP contribution in [0.4, 0.5) is 14.6 Å². The third-order valence-corrected chi connectivity index (χ3v) is 6.84. The Morgan fingerprint density at radius 2 is 2.00 bits per heavy atom. The number of ether oxygens (including phenoxy) is 2. The van der Waals surface area contributed by atoms with Crippen LogP contribution in [0.1, 0.15) is 36.7 Å². The Hall–Kier alpha value is -2.61. The Bertz CT molecular complexity index is 1240. The van der Waals surface area contributed by atoms with Gasteiger partial charge in [0.25, 0.3) is 0 Å². The second-order valence-corrected chi connectivity index (χ2v) is 9.22. The molecule has 9 heteroatoms. The summed E-state index contributed by atoms with van der Waals surface area (Å²) in [6.07, 6.45) is 0.0904. The number of aromatic nitrogens is 1. The fourth-order valence-electron chi connectivity index (χ4n) is 4.27. The first-order valence-electron chi connectivity index (χ1n) is 10.5. The Balaban J connectivity index is 1.44. The number of nitrogens with one attached hydrogen (secondary N) is 1. The van der Waals surface area contributed by atoms with E-state index < -0.39 is 23.7 Å². The lowest BCUT2D eigenvalue weighted by molar-refractivity contribution is -0.0289. The molecule has 1 unspecified atom stereocenters. The highest BCUT2D eigenvalue weighted by Gasteiger charge is 2.46. The number of halogens is 4. The van der Waals surface area contributed by atoms with Gasteiger partial charge in [-0.25, -0.2) is 13.8 Å². The van der Waals surface area contributed by atoms with E-state index in [9.17, 15) is 8.78 Å². The molecule has 33 heavy (non-hydrogen) atoms. The van der Waals surface area contributed by atoms with Crippen LogP contribution in [-0.2, 0) is 0 Å². The average molecular weight is 492 g/mol. The van der Waals surface area contributed by atoms with Crippen LogP contribution >= 0.6 is 23.2 Å². The van der Waals surface area contributed by atoms with E-state index in [0.29, 0.717) is 42.0 Å². The van der Waals surface area contributed by atoms with E-state index in [1.165, 1.54) is 12.1 Å². The molecule has 2 aliphatic heterocycles. The fourth-order valence-corrected chi connectivity index (χ4v) is 4.95. The molecule has 5 rings (SSSR count). The molecule has 0 radical (unpaired) electrons. The number of hydrogen-bond acceptors (Lipinski definition) is 5. The zero-order valence-electron chi connectivity index (χ0n) is 17.7. The molecule has 172 valence electrons. The van der Waals surface area contributed by atoms with Crippen LogP contribution < -0.4 is 20.5 Å². The minimum absolute atomic E-state index is 0.110. The number of benzene rings is 2. The summed E-state index contributed by atoms with van der Waals surface area (Å²) in [4.78, 5) is 4.22. The molecule has 2 aromatic carbocycles. The topological polar surface area (TPSA) is 69.4 Å². The molecule has 1 aromatic heterocycles. The minimum Gasteiger partial charge on any atom is -0.484 e. The largest absolute Gasteiger partial charge is 0.484 e. The molecule has 0 bridgehead atoms. The molecule has 2 aliphatic rings. The van der Waals surface area contributed by atoms with E-state index in [4.69, 9.17) is 38.4 Å². The SMILES string of the molecule is C[C@@H](Oc1cc(-c2ccc3c(c2)C(F)CC2(CNC2)O3)cnc1N)c1c(Cl)ccc(F)c1Cl. The highest BCUT2D eigenvalue weighted by molar-refractivity contribution is 6.36. The lowest BCUT2D eigenvalue weighted by atomic mass is 9.84. The Kier molecular flexibility index (Phi) is 5.59. The Labute approximate surface area is 199 Å². The molecule has 0 saturated carbocycles. The van der Waals surface area contributed by atoms with Crippen LogP contribution in [-0.4, -0.2) is 23.7 Å². The van der Waals surface area contributed by atoms with Crippen molar-refractivity contribution in [3.63, 3.8) is 0 Å². The van der Waals surface area contributed by atoms with E-state index in [1.54, 1.807) is 31.3 Å². The van der Waals surface area contributed by atoms with Gasteiger partial charge in [0.05, 0.1) is 5.02 Å². The minimum atomic E-state index is -1.12. The highest BCUT2D eigenvalue weighted by Crippen LogP contribution is 2.45. The molecule has 5 nitrogen and oxygen atoms in total. The summed E-state index contributed by atoms with van der Waals surface area (Å²) in [5, 5.41) is 3.31. The molecular weight excluding hydrogens is 471 g/mol. The maximum atomic E-state index is 15.0. The zero-order valence-corrected chi connectivity index (χ0v) is 19.2. The zero-order chi connectivity index (χ0) is 23.3. The molecule has 2 atom stereocenters. The number of nitrogens with two attached hydrogens (primary N) is 1. The summed E-state index contributed by atoms with van der Waals surface area (Å²) in [6.45, 7) is 2.98. The molecular formula is C24H21Cl2F2N3O2. The number of nitrogens with zero attached hydrogens (tertiary/aromatic N) is 1. The predicted molar refractivity (Wildman–Crippen MR) is 124 cm³/mol. The number of pyridine rings is 1. The van der Waals surface area contributed by atoms with E-state index in [0.717, 1.165) is 5.56 Å². The van der Waals surface area contributed by atoms with E-state index in [2.05, 4.69) is 10.3 Å². The number of nitrogen functional groups attached to an aromatic ring is 1. The van der Waals surface area contributed by atoms with Gasteiger partial charge in [-0.3, -0.25) is 0 Å². The molecule has 1 saturated heterocycles. The van der Waals surface area contributed by atoms with E-state index in [1.807, 2.05) is 6.07 Å². The number of rotatable bonds is 4. The van der Waals surface area contributed by atoms with E-state index in [-0.39, 0.29) is 21.6 Å². The Morgan fingerprint density at radius 3 is 2.73 bits per heavy atom. The molecule has 3 heterocycles. The van der Waals surface area contributed by atoms with Crippen molar-refractivity contribution < 1.29 is 18.3 Å². The summed E-state index contributed by atoms with van der Waals surface area (Å²) >= 11 is 12.3. The summed E-state index contributed by atoms with van der Waals surface area (Å²) in [6, 6.07) is 9.70. The second kappa shape index (κ2) is 8.31. The second-order valence-electron chi connectivity index (χ2n) is 8.44. The van der Waals surface area contributed by atoms with Crippen molar-refractivity contribution in [2.45, 2.75) is 31.2 Å². The molecule has 1 spiro atoms. The van der Waals surface area contributed by atoms with Crippen LogP contribution in [0, 0.1) is 5.82 Å². The van der Waals surface area contributed by atoms with Crippen molar-refractivity contribution in [3.05, 3.63) is 69.6 Å². The van der Waals surface area contributed by atoms with Crippen molar-refractivity contribution in [3.8, 4) is 22.6 Å². The molecule has 0 aliphatic carbocycles. The number of alkyl halides is 1. The summed E-state index contributed by atoms with van der Waals surface area (Å²) in [7, 11) is 0. The number of fused-ring (bicyclic) bond motifs is 1. The first kappa shape index (κ1) is 22.2. The van der Waals surface area contributed by atoms with Crippen molar-refractivity contribution in [1.82, 2.24) is 10.3 Å². The standard InChI is InChI=1S/C24H21Cl2F2N3O2/c1-12(21-16(25)3-4-17(27)22(21)26)32-20-7-14(9-31-23(20)29)13-2-5-19-15(6-13)18(28)8-24(33-19)10-30-11-24/h2-7,9,12,18,30H,8,10-11H2,1H3,(H2,29,31)/t12-,18?/m1/s1. The van der Waals surface area contributed by atoms with Gasteiger partial charge in [0.2, 0.25) is 0 Å². The summed E-state index contributed by atoms with van der Waals surface area (Å²) in [5.41, 5.74) is 7.82. The maximum absolute atomic E-state index is 15.0. The highest BCUT2D eigenvalue weighted by atomic mass is 35.5. The van der Waals surface area contributed by atoms with Gasteiger partial charge in [0.15, 0.2) is 11.6 Å². The van der Waals surface area contributed by atoms with Gasteiger partial charge in [0.1, 0.15) is 29.4 Å². The van der Waals surface area contributed by atoms with Crippen LogP contribution in [0.25, 0.3) is 11.1 Å². The van der Waals surface area contributed by atoms with Gasteiger partial charge in [0, 0.05) is 47.4 Å². The molecule has 3 N–H and O–H groups in total. The van der Waals surface area contributed by atoms with Crippen LogP contribution in [0.5, 0.6) is 11.5 Å². The first-order valence-corrected chi connectivity index (χ1v) is 11.3. The van der Waals surface area contributed by atoms with Gasteiger partial charge < -0.3 is 20.5 Å². The van der Waals surface area contributed by atoms with Crippen molar-refractivity contribution in [2.75, 3.05) is 18.8 Å². The Morgan fingerprint density at radius 1 is 1.21 bits per heavy atom. The third-order valence-electron chi connectivity index (χ3n) is 6.12. The third kappa shape index (κ3) is 3.98. The van der Waals surface area contributed by atoms with Crippen LogP contribution in [0.3, 0.4) is 0 Å². The van der Waals surface area contributed by atoms with Gasteiger partial charge in [-0.05, 0) is 42.8 Å². The fraction of sp³-hybridized carbons (Fsp3) is 0.292.